The van der Waals surface area contributed by atoms with Gasteiger partial charge in [0.25, 0.3) is 5.91 Å². The summed E-state index contributed by atoms with van der Waals surface area (Å²) in [6.07, 6.45) is 2.06. The lowest BCUT2D eigenvalue weighted by atomic mass is 9.97. The van der Waals surface area contributed by atoms with E-state index in [4.69, 9.17) is 0 Å². The summed E-state index contributed by atoms with van der Waals surface area (Å²) in [5, 5.41) is 3.98. The second-order valence-corrected chi connectivity index (χ2v) is 8.61. The van der Waals surface area contributed by atoms with Crippen LogP contribution in [-0.2, 0) is 11.8 Å². The zero-order chi connectivity index (χ0) is 21.5. The molecule has 3 aromatic carbocycles. The molecule has 1 aliphatic rings. The Morgan fingerprint density at radius 2 is 1.77 bits per heavy atom. The monoisotopic (exact) mass is 473 g/mol. The minimum absolute atomic E-state index is 0.0338. The fourth-order valence-electron chi connectivity index (χ4n) is 4.38. The highest BCUT2D eigenvalue weighted by Crippen LogP contribution is 2.41. The van der Waals surface area contributed by atoms with Crippen LogP contribution in [0.1, 0.15) is 27.5 Å². The molecule has 154 valence electrons. The van der Waals surface area contributed by atoms with Crippen LogP contribution in [0.15, 0.2) is 83.5 Å². The van der Waals surface area contributed by atoms with E-state index in [-0.39, 0.29) is 24.4 Å². The van der Waals surface area contributed by atoms with Crippen LogP contribution in [0.4, 0.5) is 5.69 Å². The average Bonchev–Trinajstić information content (AvgIpc) is 3.23. The molecular weight excluding hydrogens is 454 g/mol. The molecule has 0 saturated carbocycles. The van der Waals surface area contributed by atoms with Crippen molar-refractivity contribution < 1.29 is 9.59 Å². The highest BCUT2D eigenvalue weighted by Gasteiger charge is 2.39. The summed E-state index contributed by atoms with van der Waals surface area (Å²) in [7, 11) is 2.00. The van der Waals surface area contributed by atoms with Crippen molar-refractivity contribution in [2.45, 2.75) is 6.04 Å². The van der Waals surface area contributed by atoms with Crippen LogP contribution in [0.5, 0.6) is 0 Å². The van der Waals surface area contributed by atoms with Gasteiger partial charge in [0.15, 0.2) is 0 Å². The van der Waals surface area contributed by atoms with E-state index in [0.717, 1.165) is 26.5 Å². The number of carbonyl (C=O) groups excluding carboxylic acids is 2. The van der Waals surface area contributed by atoms with Crippen LogP contribution in [0, 0.1) is 0 Å². The minimum Gasteiger partial charge on any atom is -0.350 e. The highest BCUT2D eigenvalue weighted by molar-refractivity contribution is 9.10. The first kappa shape index (κ1) is 19.6. The Balaban J connectivity index is 1.54. The van der Waals surface area contributed by atoms with Crippen molar-refractivity contribution in [1.29, 1.82) is 0 Å². The SMILES string of the molecule is Cn1cc(C2c3ccccc3C(=O)N2CC(=O)Nc2cccc(Br)c2)c2ccccc21. The van der Waals surface area contributed by atoms with Crippen molar-refractivity contribution in [3.8, 4) is 0 Å². The zero-order valence-corrected chi connectivity index (χ0v) is 18.5. The molecule has 1 aromatic heterocycles. The van der Waals surface area contributed by atoms with Crippen LogP contribution < -0.4 is 5.32 Å². The first-order valence-corrected chi connectivity index (χ1v) is 10.8. The number of amides is 2. The topological polar surface area (TPSA) is 54.3 Å². The van der Waals surface area contributed by atoms with Gasteiger partial charge in [0.2, 0.25) is 5.91 Å². The van der Waals surface area contributed by atoms with E-state index in [2.05, 4.69) is 44.1 Å². The van der Waals surface area contributed by atoms with E-state index < -0.39 is 0 Å². The summed E-state index contributed by atoms with van der Waals surface area (Å²) in [4.78, 5) is 27.9. The molecule has 2 heterocycles. The molecule has 1 aliphatic heterocycles. The number of hydrogen-bond acceptors (Lipinski definition) is 2. The van der Waals surface area contributed by atoms with E-state index in [1.807, 2.05) is 67.7 Å². The van der Waals surface area contributed by atoms with Crippen molar-refractivity contribution in [1.82, 2.24) is 9.47 Å². The smallest absolute Gasteiger partial charge is 0.255 e. The number of fused-ring (bicyclic) bond motifs is 2. The van der Waals surface area contributed by atoms with Crippen LogP contribution in [0.3, 0.4) is 0 Å². The Labute approximate surface area is 188 Å². The van der Waals surface area contributed by atoms with Crippen LogP contribution in [0.2, 0.25) is 0 Å². The summed E-state index contributed by atoms with van der Waals surface area (Å²) in [5.74, 6) is -0.359. The third-order valence-corrected chi connectivity index (χ3v) is 6.20. The van der Waals surface area contributed by atoms with Crippen LogP contribution in [-0.4, -0.2) is 27.8 Å². The third-order valence-electron chi connectivity index (χ3n) is 5.70. The first-order valence-electron chi connectivity index (χ1n) is 10.0. The predicted molar refractivity (Wildman–Crippen MR) is 125 cm³/mol. The molecule has 4 aromatic rings. The molecular formula is C25H20BrN3O2. The summed E-state index contributed by atoms with van der Waals surface area (Å²) >= 11 is 3.42. The number of nitrogens with one attached hydrogen (secondary N) is 1. The van der Waals surface area contributed by atoms with Gasteiger partial charge in [-0.3, -0.25) is 9.59 Å². The number of anilines is 1. The van der Waals surface area contributed by atoms with E-state index in [0.29, 0.717) is 11.3 Å². The Morgan fingerprint density at radius 3 is 2.61 bits per heavy atom. The number of rotatable bonds is 4. The second-order valence-electron chi connectivity index (χ2n) is 7.69. The highest BCUT2D eigenvalue weighted by atomic mass is 79.9. The first-order chi connectivity index (χ1) is 15.0. The van der Waals surface area contributed by atoms with Crippen LogP contribution in [0.25, 0.3) is 10.9 Å². The van der Waals surface area contributed by atoms with E-state index in [1.54, 1.807) is 4.90 Å². The summed E-state index contributed by atoms with van der Waals surface area (Å²) in [5.41, 5.74) is 4.37. The van der Waals surface area contributed by atoms with Crippen molar-refractivity contribution in [3.63, 3.8) is 0 Å². The van der Waals surface area contributed by atoms with Gasteiger partial charge in [-0.25, -0.2) is 0 Å². The standard InChI is InChI=1S/C25H20BrN3O2/c1-28-14-21(18-9-4-5-12-22(18)28)24-19-10-2-3-11-20(19)25(31)29(24)15-23(30)27-17-8-6-7-16(26)13-17/h2-14,24H,15H2,1H3,(H,27,30). The molecule has 0 bridgehead atoms. The molecule has 0 fully saturated rings. The Morgan fingerprint density at radius 1 is 1.00 bits per heavy atom. The molecule has 5 rings (SSSR count). The summed E-state index contributed by atoms with van der Waals surface area (Å²) in [6, 6.07) is 22.8. The average molecular weight is 474 g/mol. The number of carbonyl (C=O) groups is 2. The van der Waals surface area contributed by atoms with Gasteiger partial charge in [0.05, 0.1) is 6.04 Å². The second kappa shape index (κ2) is 7.71. The molecule has 2 amide bonds. The molecule has 6 heteroatoms. The van der Waals surface area contributed by atoms with Crippen LogP contribution >= 0.6 is 15.9 Å². The molecule has 0 aliphatic carbocycles. The number of hydrogen-bond donors (Lipinski definition) is 1. The Hall–Kier alpha value is -3.38. The largest absolute Gasteiger partial charge is 0.350 e. The number of para-hydroxylation sites is 1. The fourth-order valence-corrected chi connectivity index (χ4v) is 4.78. The van der Waals surface area contributed by atoms with E-state index in [1.165, 1.54) is 0 Å². The van der Waals surface area contributed by atoms with Gasteiger partial charge in [0.1, 0.15) is 6.54 Å². The Kier molecular flexibility index (Phi) is 4.87. The number of halogens is 1. The molecule has 0 spiro atoms. The lowest BCUT2D eigenvalue weighted by molar-refractivity contribution is -0.117. The maximum atomic E-state index is 13.3. The third kappa shape index (κ3) is 3.43. The number of aryl methyl sites for hydroxylation is 1. The van der Waals surface area contributed by atoms with Gasteiger partial charge in [-0.15, -0.1) is 0 Å². The molecule has 1 atom stereocenters. The summed E-state index contributed by atoms with van der Waals surface area (Å²) in [6.45, 7) is -0.0338. The van der Waals surface area contributed by atoms with E-state index in [9.17, 15) is 9.59 Å². The molecule has 31 heavy (non-hydrogen) atoms. The quantitative estimate of drug-likeness (QED) is 0.446. The van der Waals surface area contributed by atoms with Gasteiger partial charge in [0, 0.05) is 45.4 Å². The number of benzene rings is 3. The fraction of sp³-hybridized carbons (Fsp3) is 0.120. The maximum Gasteiger partial charge on any atom is 0.255 e. The van der Waals surface area contributed by atoms with Gasteiger partial charge in [-0.2, -0.15) is 0 Å². The lowest BCUT2D eigenvalue weighted by Gasteiger charge is -2.25. The van der Waals surface area contributed by atoms with Gasteiger partial charge in [-0.05, 0) is 35.9 Å². The molecule has 1 N–H and O–H groups in total. The molecule has 1 unspecified atom stereocenters. The predicted octanol–water partition coefficient (Wildman–Crippen LogP) is 5.12. The Bertz CT molecular complexity index is 1330. The minimum atomic E-state index is -0.317. The lowest BCUT2D eigenvalue weighted by Crippen LogP contribution is -2.36. The zero-order valence-electron chi connectivity index (χ0n) is 16.9. The van der Waals surface area contributed by atoms with Crippen molar-refractivity contribution in [2.75, 3.05) is 11.9 Å². The van der Waals surface area contributed by atoms with Gasteiger partial charge < -0.3 is 14.8 Å². The number of nitrogens with zero attached hydrogens (tertiary/aromatic N) is 2. The van der Waals surface area contributed by atoms with Gasteiger partial charge >= 0.3 is 0 Å². The molecule has 0 saturated heterocycles. The van der Waals surface area contributed by atoms with Gasteiger partial charge in [-0.1, -0.05) is 58.4 Å². The van der Waals surface area contributed by atoms with Crippen molar-refractivity contribution >= 4 is 44.3 Å². The van der Waals surface area contributed by atoms with Crippen molar-refractivity contribution in [2.24, 2.45) is 7.05 Å². The normalized spacial score (nSPS) is 15.4. The molecule has 0 radical (unpaired) electrons. The van der Waals surface area contributed by atoms with E-state index >= 15 is 0 Å². The molecule has 5 nitrogen and oxygen atoms in total. The van der Waals surface area contributed by atoms with Crippen molar-refractivity contribution in [3.05, 3.63) is 100 Å². The number of aromatic nitrogens is 1. The maximum absolute atomic E-state index is 13.3. The summed E-state index contributed by atoms with van der Waals surface area (Å²) < 4.78 is 2.94.